The number of carbonyl (C=O) groups is 1. The molecule has 1 aromatic rings. The van der Waals surface area contributed by atoms with E-state index < -0.39 is 0 Å². The Bertz CT molecular complexity index is 340. The van der Waals surface area contributed by atoms with Gasteiger partial charge in [-0.15, -0.1) is 0 Å². The molecule has 0 aliphatic rings. The highest BCUT2D eigenvalue weighted by Crippen LogP contribution is 2.04. The Hall–Kier alpha value is -1.49. The quantitative estimate of drug-likeness (QED) is 0.761. The summed E-state index contributed by atoms with van der Waals surface area (Å²) in [6.07, 6.45) is 3.00. The number of nitrogens with one attached hydrogen (secondary N) is 1. The number of hydrogen-bond donors (Lipinski definition) is 1. The Labute approximate surface area is 89.5 Å². The number of aryl methyl sites for hydroxylation is 1. The average molecular weight is 208 g/mol. The average Bonchev–Trinajstić information content (AvgIpc) is 2.25. The molecule has 0 aliphatic heterocycles. The molecule has 0 atom stereocenters. The van der Waals surface area contributed by atoms with Crippen molar-refractivity contribution in [3.63, 3.8) is 0 Å². The van der Waals surface area contributed by atoms with Crippen LogP contribution in [0.4, 0.5) is 0 Å². The minimum atomic E-state index is -0.0386. The number of hydrogen-bond acceptors (Lipinski definition) is 4. The fourth-order valence-electron chi connectivity index (χ4n) is 1.19. The SMILES string of the molecule is CNCCN(C)C(=O)c1cncnc1C. The molecule has 1 rings (SSSR count). The molecular weight excluding hydrogens is 192 g/mol. The topological polar surface area (TPSA) is 58.1 Å². The fourth-order valence-corrected chi connectivity index (χ4v) is 1.19. The minimum Gasteiger partial charge on any atom is -0.340 e. The third-order valence-electron chi connectivity index (χ3n) is 2.19. The van der Waals surface area contributed by atoms with Crippen molar-refractivity contribution in [1.29, 1.82) is 0 Å². The van der Waals surface area contributed by atoms with Gasteiger partial charge in [0.15, 0.2) is 0 Å². The lowest BCUT2D eigenvalue weighted by Gasteiger charge is -2.17. The van der Waals surface area contributed by atoms with Gasteiger partial charge in [0, 0.05) is 26.3 Å². The maximum absolute atomic E-state index is 11.9. The first-order valence-electron chi connectivity index (χ1n) is 4.83. The summed E-state index contributed by atoms with van der Waals surface area (Å²) in [4.78, 5) is 21.4. The molecule has 0 aliphatic carbocycles. The summed E-state index contributed by atoms with van der Waals surface area (Å²) in [6.45, 7) is 3.25. The zero-order valence-corrected chi connectivity index (χ0v) is 9.32. The van der Waals surface area contributed by atoms with E-state index in [0.717, 1.165) is 6.54 Å². The highest BCUT2D eigenvalue weighted by molar-refractivity contribution is 5.94. The third-order valence-corrected chi connectivity index (χ3v) is 2.19. The number of aromatic nitrogens is 2. The van der Waals surface area contributed by atoms with Crippen LogP contribution in [0.3, 0.4) is 0 Å². The Morgan fingerprint density at radius 3 is 2.93 bits per heavy atom. The van der Waals surface area contributed by atoms with Crippen LogP contribution in [0, 0.1) is 6.92 Å². The zero-order chi connectivity index (χ0) is 11.3. The lowest BCUT2D eigenvalue weighted by atomic mass is 10.2. The van der Waals surface area contributed by atoms with Crippen LogP contribution in [0.5, 0.6) is 0 Å². The van der Waals surface area contributed by atoms with Crippen LogP contribution in [-0.4, -0.2) is 48.0 Å². The van der Waals surface area contributed by atoms with Crippen LogP contribution in [-0.2, 0) is 0 Å². The summed E-state index contributed by atoms with van der Waals surface area (Å²) in [5.41, 5.74) is 1.28. The second-order valence-electron chi connectivity index (χ2n) is 3.35. The third kappa shape index (κ3) is 2.99. The van der Waals surface area contributed by atoms with Gasteiger partial charge in [0.1, 0.15) is 6.33 Å². The summed E-state index contributed by atoms with van der Waals surface area (Å²) in [6, 6.07) is 0. The number of rotatable bonds is 4. The van der Waals surface area contributed by atoms with Crippen LogP contribution in [0.2, 0.25) is 0 Å². The molecule has 1 heterocycles. The summed E-state index contributed by atoms with van der Waals surface area (Å²) in [5.74, 6) is -0.0386. The van der Waals surface area contributed by atoms with Gasteiger partial charge in [-0.05, 0) is 14.0 Å². The summed E-state index contributed by atoms with van der Waals surface area (Å²) < 4.78 is 0. The summed E-state index contributed by atoms with van der Waals surface area (Å²) in [7, 11) is 3.63. The molecule has 0 spiro atoms. The molecule has 15 heavy (non-hydrogen) atoms. The van der Waals surface area contributed by atoms with Crippen molar-refractivity contribution in [2.75, 3.05) is 27.2 Å². The van der Waals surface area contributed by atoms with Crippen molar-refractivity contribution >= 4 is 5.91 Å². The molecule has 0 fully saturated rings. The second-order valence-corrected chi connectivity index (χ2v) is 3.35. The van der Waals surface area contributed by atoms with Gasteiger partial charge >= 0.3 is 0 Å². The highest BCUT2D eigenvalue weighted by Gasteiger charge is 2.13. The normalized spacial score (nSPS) is 10.1. The van der Waals surface area contributed by atoms with E-state index in [1.165, 1.54) is 6.33 Å². The second kappa shape index (κ2) is 5.41. The molecule has 0 unspecified atom stereocenters. The summed E-state index contributed by atoms with van der Waals surface area (Å²) >= 11 is 0. The molecule has 0 aromatic carbocycles. The van der Waals surface area contributed by atoms with Crippen LogP contribution in [0.15, 0.2) is 12.5 Å². The first-order chi connectivity index (χ1) is 7.16. The Balaban J connectivity index is 2.72. The summed E-state index contributed by atoms with van der Waals surface area (Å²) in [5, 5.41) is 2.99. The molecule has 82 valence electrons. The molecule has 5 nitrogen and oxygen atoms in total. The number of carbonyl (C=O) groups excluding carboxylic acids is 1. The molecule has 1 aromatic heterocycles. The number of amides is 1. The number of likely N-dealkylation sites (N-methyl/N-ethyl adjacent to an activating group) is 2. The molecule has 1 N–H and O–H groups in total. The molecular formula is C10H16N4O. The molecule has 0 radical (unpaired) electrons. The molecule has 0 saturated heterocycles. The van der Waals surface area contributed by atoms with Crippen molar-refractivity contribution in [2.45, 2.75) is 6.92 Å². The van der Waals surface area contributed by atoms with Gasteiger partial charge in [-0.1, -0.05) is 0 Å². The van der Waals surface area contributed by atoms with Gasteiger partial charge in [0.25, 0.3) is 5.91 Å². The molecule has 1 amide bonds. The van der Waals surface area contributed by atoms with Crippen LogP contribution in [0.25, 0.3) is 0 Å². The van der Waals surface area contributed by atoms with Crippen LogP contribution >= 0.6 is 0 Å². The largest absolute Gasteiger partial charge is 0.340 e. The maximum Gasteiger partial charge on any atom is 0.257 e. The Kier molecular flexibility index (Phi) is 4.17. The van der Waals surface area contributed by atoms with Gasteiger partial charge in [-0.25, -0.2) is 9.97 Å². The van der Waals surface area contributed by atoms with Gasteiger partial charge in [-0.3, -0.25) is 4.79 Å². The molecule has 5 heteroatoms. The van der Waals surface area contributed by atoms with Crippen molar-refractivity contribution in [3.8, 4) is 0 Å². The lowest BCUT2D eigenvalue weighted by molar-refractivity contribution is 0.0795. The number of nitrogens with zero attached hydrogens (tertiary/aromatic N) is 3. The van der Waals surface area contributed by atoms with E-state index in [-0.39, 0.29) is 5.91 Å². The first kappa shape index (κ1) is 11.6. The van der Waals surface area contributed by atoms with E-state index in [9.17, 15) is 4.79 Å². The van der Waals surface area contributed by atoms with Crippen LogP contribution < -0.4 is 5.32 Å². The van der Waals surface area contributed by atoms with Crippen molar-refractivity contribution in [1.82, 2.24) is 20.2 Å². The lowest BCUT2D eigenvalue weighted by Crippen LogP contribution is -2.33. The van der Waals surface area contributed by atoms with Crippen molar-refractivity contribution in [2.24, 2.45) is 0 Å². The van der Waals surface area contributed by atoms with Gasteiger partial charge < -0.3 is 10.2 Å². The predicted octanol–water partition coefficient (Wildman–Crippen LogP) is 0.0764. The van der Waals surface area contributed by atoms with Gasteiger partial charge in [0.05, 0.1) is 11.3 Å². The van der Waals surface area contributed by atoms with Gasteiger partial charge in [-0.2, -0.15) is 0 Å². The highest BCUT2D eigenvalue weighted by atomic mass is 16.2. The zero-order valence-electron chi connectivity index (χ0n) is 9.32. The van der Waals surface area contributed by atoms with E-state index in [1.54, 1.807) is 25.1 Å². The molecule has 0 saturated carbocycles. The van der Waals surface area contributed by atoms with Gasteiger partial charge in [0.2, 0.25) is 0 Å². The Morgan fingerprint density at radius 2 is 2.33 bits per heavy atom. The van der Waals surface area contributed by atoms with Crippen molar-refractivity contribution in [3.05, 3.63) is 23.8 Å². The van der Waals surface area contributed by atoms with E-state index >= 15 is 0 Å². The van der Waals surface area contributed by atoms with E-state index in [2.05, 4.69) is 15.3 Å². The maximum atomic E-state index is 11.9. The monoisotopic (exact) mass is 208 g/mol. The fraction of sp³-hybridized carbons (Fsp3) is 0.500. The van der Waals surface area contributed by atoms with Crippen molar-refractivity contribution < 1.29 is 4.79 Å². The Morgan fingerprint density at radius 1 is 1.60 bits per heavy atom. The first-order valence-corrected chi connectivity index (χ1v) is 4.83. The minimum absolute atomic E-state index is 0.0386. The molecule has 0 bridgehead atoms. The van der Waals surface area contributed by atoms with E-state index in [4.69, 9.17) is 0 Å². The van der Waals surface area contributed by atoms with E-state index in [1.807, 2.05) is 7.05 Å². The smallest absolute Gasteiger partial charge is 0.257 e. The standard InChI is InChI=1S/C10H16N4O/c1-8-9(6-12-7-13-8)10(15)14(3)5-4-11-2/h6-7,11H,4-5H2,1-3H3. The van der Waals surface area contributed by atoms with Crippen LogP contribution in [0.1, 0.15) is 16.1 Å². The predicted molar refractivity (Wildman–Crippen MR) is 57.7 cm³/mol. The van der Waals surface area contributed by atoms with E-state index in [0.29, 0.717) is 17.8 Å².